The van der Waals surface area contributed by atoms with Gasteiger partial charge >= 0.3 is 0 Å². The summed E-state index contributed by atoms with van der Waals surface area (Å²) in [5, 5.41) is 4.64. The van der Waals surface area contributed by atoms with Crippen LogP contribution in [0.2, 0.25) is 0 Å². The van der Waals surface area contributed by atoms with Gasteiger partial charge in [-0.1, -0.05) is 74.1 Å². The van der Waals surface area contributed by atoms with Gasteiger partial charge in [-0.15, -0.1) is 0 Å². The van der Waals surface area contributed by atoms with Crippen LogP contribution in [0.1, 0.15) is 71.4 Å². The number of unbranched alkanes of at least 4 members (excludes halogenated alkanes) is 1. The lowest BCUT2D eigenvalue weighted by Crippen LogP contribution is -2.24. The summed E-state index contributed by atoms with van der Waals surface area (Å²) in [7, 11) is 0. The molecule has 0 fully saturated rings. The second-order valence-electron chi connectivity index (χ2n) is 8.83. The Hall–Kier alpha value is -2.77. The van der Waals surface area contributed by atoms with Gasteiger partial charge in [0.05, 0.1) is 28.3 Å². The second kappa shape index (κ2) is 13.5. The Morgan fingerprint density at radius 1 is 1.06 bits per heavy atom. The first-order valence-electron chi connectivity index (χ1n) is 12.6. The van der Waals surface area contributed by atoms with Crippen LogP contribution in [0, 0.1) is 0 Å². The van der Waals surface area contributed by atoms with Crippen molar-refractivity contribution in [1.82, 2.24) is 10.3 Å². The van der Waals surface area contributed by atoms with Gasteiger partial charge in [-0.25, -0.2) is 4.98 Å². The van der Waals surface area contributed by atoms with E-state index in [4.69, 9.17) is 10.5 Å². The molecule has 0 aliphatic carbocycles. The number of nitrogens with zero attached hydrogens (tertiary/aromatic N) is 1. The number of nitrogen functional groups attached to an aromatic ring is 1. The number of ether oxygens (including phenoxy) is 1. The van der Waals surface area contributed by atoms with E-state index in [2.05, 4.69) is 57.1 Å². The number of thioether (sulfide) groups is 1. The molecule has 192 valence electrons. The molecule has 0 unspecified atom stereocenters. The van der Waals surface area contributed by atoms with Crippen molar-refractivity contribution in [3.63, 3.8) is 0 Å². The first-order valence-corrected chi connectivity index (χ1v) is 14.2. The molecule has 1 aromatic heterocycles. The van der Waals surface area contributed by atoms with Crippen molar-refractivity contribution in [1.29, 1.82) is 0 Å². The van der Waals surface area contributed by atoms with Gasteiger partial charge in [-0.3, -0.25) is 4.79 Å². The molecule has 3 rings (SSSR count). The Kier molecular flexibility index (Phi) is 10.4. The quantitative estimate of drug-likeness (QED) is 0.236. The van der Waals surface area contributed by atoms with Crippen LogP contribution in [0.25, 0.3) is 15.1 Å². The van der Waals surface area contributed by atoms with Crippen molar-refractivity contribution in [3.8, 4) is 5.75 Å². The van der Waals surface area contributed by atoms with Crippen LogP contribution in [0.3, 0.4) is 0 Å². The third-order valence-corrected chi connectivity index (χ3v) is 8.30. The number of aromatic nitrogens is 1. The highest BCUT2D eigenvalue weighted by Gasteiger charge is 2.15. The van der Waals surface area contributed by atoms with Gasteiger partial charge in [0.1, 0.15) is 5.75 Å². The molecule has 1 heterocycles. The normalized spacial score (nSPS) is 12.8. The van der Waals surface area contributed by atoms with E-state index >= 15 is 0 Å². The summed E-state index contributed by atoms with van der Waals surface area (Å²) in [4.78, 5) is 18.6. The van der Waals surface area contributed by atoms with Gasteiger partial charge < -0.3 is 15.8 Å². The maximum Gasteiger partial charge on any atom is 0.229 e. The molecular formula is C29H37N3O2S2. The van der Waals surface area contributed by atoms with E-state index in [9.17, 15) is 4.79 Å². The zero-order chi connectivity index (χ0) is 26.1. The molecule has 0 saturated heterocycles. The van der Waals surface area contributed by atoms with E-state index in [1.165, 1.54) is 21.8 Å². The highest BCUT2D eigenvalue weighted by molar-refractivity contribution is 8.11. The van der Waals surface area contributed by atoms with Crippen molar-refractivity contribution in [2.45, 2.75) is 66.7 Å². The topological polar surface area (TPSA) is 77.2 Å². The van der Waals surface area contributed by atoms with E-state index in [0.717, 1.165) is 70.0 Å². The number of nitrogens with one attached hydrogen (secondary N) is 1. The highest BCUT2D eigenvalue weighted by atomic mass is 32.2. The summed E-state index contributed by atoms with van der Waals surface area (Å²) in [6.07, 6.45) is 4.25. The molecule has 0 atom stereocenters. The van der Waals surface area contributed by atoms with Crippen LogP contribution in [0.5, 0.6) is 5.75 Å². The molecule has 0 aliphatic heterocycles. The minimum Gasteiger partial charge on any atom is -0.494 e. The monoisotopic (exact) mass is 523 g/mol. The van der Waals surface area contributed by atoms with E-state index in [1.807, 2.05) is 30.3 Å². The fourth-order valence-electron chi connectivity index (χ4n) is 3.52. The number of hydrogen-bond donors (Lipinski definition) is 2. The Morgan fingerprint density at radius 2 is 1.78 bits per heavy atom. The van der Waals surface area contributed by atoms with Crippen molar-refractivity contribution in [2.75, 3.05) is 12.3 Å². The van der Waals surface area contributed by atoms with Gasteiger partial charge in [0.25, 0.3) is 0 Å². The number of carbonyl (C=O) groups excluding carboxylic acids is 1. The van der Waals surface area contributed by atoms with Crippen molar-refractivity contribution in [2.24, 2.45) is 0 Å². The summed E-state index contributed by atoms with van der Waals surface area (Å²) >= 11 is 3.08. The Labute approximate surface area is 223 Å². The largest absolute Gasteiger partial charge is 0.494 e. The van der Waals surface area contributed by atoms with Gasteiger partial charge in [-0.2, -0.15) is 0 Å². The zero-order valence-corrected chi connectivity index (χ0v) is 23.6. The standard InChI is InChI=1S/C29H37N3O2S2/c1-6-9-16-34-23-13-11-22(12-14-23)27(19(4)7-2)36-28(20(5)8-3)32-26(33)18-21-10-15-24-25(17-21)35-29(30)31-24/h10-15,17H,6-9,16,18H2,1-5H3,(H2,30,31)(H,32,33)/b27-19-,28-20+. The van der Waals surface area contributed by atoms with E-state index in [0.29, 0.717) is 11.6 Å². The Balaban J connectivity index is 1.77. The minimum atomic E-state index is -0.0321. The lowest BCUT2D eigenvalue weighted by atomic mass is 10.1. The molecule has 1 amide bonds. The first-order chi connectivity index (χ1) is 17.3. The average Bonchev–Trinajstić information content (AvgIpc) is 3.25. The predicted octanol–water partition coefficient (Wildman–Crippen LogP) is 7.93. The van der Waals surface area contributed by atoms with E-state index in [-0.39, 0.29) is 5.91 Å². The molecule has 3 aromatic rings. The van der Waals surface area contributed by atoms with Crippen LogP contribution in [-0.4, -0.2) is 17.5 Å². The van der Waals surface area contributed by atoms with E-state index < -0.39 is 0 Å². The fourth-order valence-corrected chi connectivity index (χ4v) is 5.58. The lowest BCUT2D eigenvalue weighted by molar-refractivity contribution is -0.119. The number of hydrogen-bond acceptors (Lipinski definition) is 6. The number of thiazole rings is 1. The predicted molar refractivity (Wildman–Crippen MR) is 156 cm³/mol. The summed E-state index contributed by atoms with van der Waals surface area (Å²) in [6, 6.07) is 14.2. The molecular weight excluding hydrogens is 486 g/mol. The maximum atomic E-state index is 13.1. The van der Waals surface area contributed by atoms with Gasteiger partial charge in [-0.05, 0) is 74.1 Å². The molecule has 3 N–H and O–H groups in total. The average molecular weight is 524 g/mol. The van der Waals surface area contributed by atoms with E-state index in [1.54, 1.807) is 11.8 Å². The fraction of sp³-hybridized carbons (Fsp3) is 0.379. The molecule has 0 saturated carbocycles. The molecule has 2 aromatic carbocycles. The molecule has 0 radical (unpaired) electrons. The number of nitrogens with two attached hydrogens (primary N) is 1. The molecule has 36 heavy (non-hydrogen) atoms. The number of carbonyl (C=O) groups is 1. The molecule has 7 heteroatoms. The third kappa shape index (κ3) is 7.61. The first kappa shape index (κ1) is 27.8. The SMILES string of the molecule is CCCCOc1ccc(/C(S/C(NC(=O)Cc2ccc3nc(N)sc3c2)=C(\C)CC)=C(\C)CC)cc1. The summed E-state index contributed by atoms with van der Waals surface area (Å²) in [5.74, 6) is 0.856. The third-order valence-electron chi connectivity index (χ3n) is 6.01. The number of anilines is 1. The molecule has 0 aliphatic rings. The molecule has 5 nitrogen and oxygen atoms in total. The molecule has 0 spiro atoms. The maximum absolute atomic E-state index is 13.1. The van der Waals surface area contributed by atoms with Gasteiger partial charge in [0.15, 0.2) is 5.13 Å². The summed E-state index contributed by atoms with van der Waals surface area (Å²) < 4.78 is 6.84. The number of rotatable bonds is 12. The Bertz CT molecular complexity index is 1240. The van der Waals surface area contributed by atoms with Crippen LogP contribution in [0.15, 0.2) is 58.6 Å². The number of allylic oxidation sites excluding steroid dienone is 2. The number of benzene rings is 2. The van der Waals surface area contributed by atoms with Crippen molar-refractivity contribution in [3.05, 3.63) is 69.8 Å². The van der Waals surface area contributed by atoms with Gasteiger partial charge in [0, 0.05) is 4.91 Å². The van der Waals surface area contributed by atoms with Crippen molar-refractivity contribution >= 4 is 49.3 Å². The Morgan fingerprint density at radius 3 is 2.44 bits per heavy atom. The van der Waals surface area contributed by atoms with Crippen LogP contribution in [-0.2, 0) is 11.2 Å². The zero-order valence-electron chi connectivity index (χ0n) is 21.9. The highest BCUT2D eigenvalue weighted by Crippen LogP contribution is 2.38. The van der Waals surface area contributed by atoms with Crippen LogP contribution >= 0.6 is 23.1 Å². The smallest absolute Gasteiger partial charge is 0.229 e. The number of fused-ring (bicyclic) bond motifs is 1. The summed E-state index contributed by atoms with van der Waals surface area (Å²) in [5.41, 5.74) is 11.2. The van der Waals surface area contributed by atoms with Crippen LogP contribution in [0.4, 0.5) is 5.13 Å². The van der Waals surface area contributed by atoms with Gasteiger partial charge in [0.2, 0.25) is 5.91 Å². The molecule has 0 bridgehead atoms. The number of amides is 1. The minimum absolute atomic E-state index is 0.0321. The lowest BCUT2D eigenvalue weighted by Gasteiger charge is -2.18. The second-order valence-corrected chi connectivity index (χ2v) is 10.9. The summed E-state index contributed by atoms with van der Waals surface area (Å²) in [6.45, 7) is 11.4. The van der Waals surface area contributed by atoms with Crippen LogP contribution < -0.4 is 15.8 Å². The van der Waals surface area contributed by atoms with Crippen molar-refractivity contribution < 1.29 is 9.53 Å².